The van der Waals surface area contributed by atoms with Crippen LogP contribution in [0.1, 0.15) is 26.5 Å². The molecule has 3 rings (SSSR count). The van der Waals surface area contributed by atoms with Crippen LogP contribution in [0.4, 0.5) is 5.69 Å². The fourth-order valence-electron chi connectivity index (χ4n) is 2.62. The zero-order chi connectivity index (χ0) is 20.6. The molecule has 3 N–H and O–H groups in total. The number of hydrogen-bond acceptors (Lipinski definition) is 5. The molecule has 0 fully saturated rings. The fraction of sp³-hybridized carbons (Fsp3) is 0.0952. The average molecular weight is 409 g/mol. The Morgan fingerprint density at radius 1 is 0.966 bits per heavy atom. The van der Waals surface area contributed by atoms with Crippen LogP contribution in [0.5, 0.6) is 5.75 Å². The molecule has 29 heavy (non-hydrogen) atoms. The largest absolute Gasteiger partial charge is 0.496 e. The van der Waals surface area contributed by atoms with Crippen LogP contribution in [0.3, 0.4) is 0 Å². The molecule has 2 aromatic carbocycles. The van der Waals surface area contributed by atoms with Gasteiger partial charge in [-0.3, -0.25) is 14.9 Å². The Bertz CT molecular complexity index is 1020. The summed E-state index contributed by atoms with van der Waals surface area (Å²) in [6.45, 7) is 0.259. The zero-order valence-electron chi connectivity index (χ0n) is 15.6. The number of amides is 2. The normalized spacial score (nSPS) is 10.1. The maximum atomic E-state index is 12.5. The molecule has 0 atom stereocenters. The lowest BCUT2D eigenvalue weighted by Crippen LogP contribution is -2.35. The van der Waals surface area contributed by atoms with Crippen LogP contribution in [0.25, 0.3) is 0 Å². The van der Waals surface area contributed by atoms with Crippen LogP contribution in [0.2, 0.25) is 0 Å². The number of carbonyl (C=O) groups excluding carboxylic acids is 2. The van der Waals surface area contributed by atoms with Gasteiger partial charge in [-0.2, -0.15) is 0 Å². The first kappa shape index (κ1) is 20.1. The van der Waals surface area contributed by atoms with Gasteiger partial charge >= 0.3 is 0 Å². The molecule has 0 aliphatic rings. The van der Waals surface area contributed by atoms with E-state index in [0.29, 0.717) is 28.3 Å². The van der Waals surface area contributed by atoms with Gasteiger partial charge in [0.05, 0.1) is 36.7 Å². The number of nitrogens with one attached hydrogen (secondary N) is 3. The van der Waals surface area contributed by atoms with Gasteiger partial charge < -0.3 is 19.8 Å². The lowest BCUT2D eigenvalue weighted by Gasteiger charge is -2.14. The summed E-state index contributed by atoms with van der Waals surface area (Å²) < 4.78 is 10.4. The predicted molar refractivity (Wildman–Crippen MR) is 113 cm³/mol. The molecule has 1 heterocycles. The van der Waals surface area contributed by atoms with Crippen molar-refractivity contribution in [2.45, 2.75) is 6.54 Å². The van der Waals surface area contributed by atoms with Gasteiger partial charge in [0.2, 0.25) is 0 Å². The molecule has 0 aliphatic heterocycles. The number of benzene rings is 2. The highest BCUT2D eigenvalue weighted by Gasteiger charge is 2.15. The van der Waals surface area contributed by atoms with Crippen molar-refractivity contribution >= 4 is 34.8 Å². The first-order valence-corrected chi connectivity index (χ1v) is 9.14. The van der Waals surface area contributed by atoms with E-state index in [-0.39, 0.29) is 17.6 Å². The van der Waals surface area contributed by atoms with Crippen LogP contribution in [0, 0.1) is 0 Å². The third-order valence-corrected chi connectivity index (χ3v) is 4.21. The third-order valence-electron chi connectivity index (χ3n) is 4.00. The van der Waals surface area contributed by atoms with Gasteiger partial charge in [0.1, 0.15) is 11.5 Å². The summed E-state index contributed by atoms with van der Waals surface area (Å²) in [5.41, 5.74) is 1.20. The summed E-state index contributed by atoms with van der Waals surface area (Å²) >= 11 is 5.24. The van der Waals surface area contributed by atoms with E-state index in [1.807, 2.05) is 0 Å². The molecule has 0 saturated carbocycles. The quantitative estimate of drug-likeness (QED) is 0.541. The van der Waals surface area contributed by atoms with Crippen molar-refractivity contribution < 1.29 is 18.7 Å². The molecule has 0 unspecified atom stereocenters. The van der Waals surface area contributed by atoms with Crippen LogP contribution < -0.4 is 20.7 Å². The minimum Gasteiger partial charge on any atom is -0.496 e. The van der Waals surface area contributed by atoms with Crippen molar-refractivity contribution in [3.05, 3.63) is 83.8 Å². The summed E-state index contributed by atoms with van der Waals surface area (Å²) in [4.78, 5) is 25.0. The van der Waals surface area contributed by atoms with Crippen molar-refractivity contribution in [1.29, 1.82) is 0 Å². The second-order valence-electron chi connectivity index (χ2n) is 5.92. The summed E-state index contributed by atoms with van der Waals surface area (Å²) in [6.07, 6.45) is 1.54. The van der Waals surface area contributed by atoms with Gasteiger partial charge in [-0.15, -0.1) is 0 Å². The van der Waals surface area contributed by atoms with Crippen molar-refractivity contribution in [1.82, 2.24) is 10.6 Å². The SMILES string of the molecule is COc1ccccc1C(=O)NC(=S)Nc1ccccc1C(=O)NCc1ccco1. The molecule has 0 radical (unpaired) electrons. The third kappa shape index (κ3) is 5.20. The Morgan fingerprint density at radius 2 is 1.69 bits per heavy atom. The van der Waals surface area contributed by atoms with Gasteiger partial charge in [-0.1, -0.05) is 24.3 Å². The number of thiocarbonyl (C=S) groups is 1. The molecule has 0 aliphatic carbocycles. The topological polar surface area (TPSA) is 92.6 Å². The number of furan rings is 1. The van der Waals surface area contributed by atoms with Crippen LogP contribution in [-0.4, -0.2) is 24.0 Å². The Kier molecular flexibility index (Phi) is 6.59. The summed E-state index contributed by atoms with van der Waals surface area (Å²) in [5.74, 6) is 0.358. The highest BCUT2D eigenvalue weighted by atomic mass is 32.1. The van der Waals surface area contributed by atoms with Crippen LogP contribution in [-0.2, 0) is 6.54 Å². The van der Waals surface area contributed by atoms with E-state index in [1.54, 1.807) is 66.9 Å². The minimum absolute atomic E-state index is 0.0622. The number of rotatable bonds is 6. The summed E-state index contributed by atoms with van der Waals surface area (Å²) in [7, 11) is 1.49. The van der Waals surface area contributed by atoms with E-state index < -0.39 is 5.91 Å². The second-order valence-corrected chi connectivity index (χ2v) is 6.32. The van der Waals surface area contributed by atoms with Crippen molar-refractivity contribution in [2.75, 3.05) is 12.4 Å². The molecule has 8 heteroatoms. The lowest BCUT2D eigenvalue weighted by atomic mass is 10.1. The molecular formula is C21H19N3O4S. The van der Waals surface area contributed by atoms with Crippen molar-refractivity contribution in [2.24, 2.45) is 0 Å². The Morgan fingerprint density at radius 3 is 2.41 bits per heavy atom. The monoisotopic (exact) mass is 409 g/mol. The highest BCUT2D eigenvalue weighted by molar-refractivity contribution is 7.80. The van der Waals surface area contributed by atoms with Crippen LogP contribution >= 0.6 is 12.2 Å². The van der Waals surface area contributed by atoms with E-state index in [9.17, 15) is 9.59 Å². The minimum atomic E-state index is -0.417. The highest BCUT2D eigenvalue weighted by Crippen LogP contribution is 2.18. The van der Waals surface area contributed by atoms with Gasteiger partial charge in [0.25, 0.3) is 11.8 Å². The Labute approximate surface area is 173 Å². The number of methoxy groups -OCH3 is 1. The molecule has 3 aromatic rings. The number of anilines is 1. The maximum absolute atomic E-state index is 12.5. The van der Waals surface area contributed by atoms with Gasteiger partial charge in [0, 0.05) is 0 Å². The molecule has 2 amide bonds. The molecule has 0 bridgehead atoms. The Hall–Kier alpha value is -3.65. The van der Waals surface area contributed by atoms with E-state index in [0.717, 1.165) is 0 Å². The number of ether oxygens (including phenoxy) is 1. The Balaban J connectivity index is 1.66. The molecule has 0 saturated heterocycles. The predicted octanol–water partition coefficient (Wildman–Crippen LogP) is 3.35. The number of para-hydroxylation sites is 2. The molecule has 1 aromatic heterocycles. The first-order chi connectivity index (χ1) is 14.1. The number of carbonyl (C=O) groups is 2. The smallest absolute Gasteiger partial charge is 0.261 e. The summed E-state index contributed by atoms with van der Waals surface area (Å²) in [5, 5.41) is 8.33. The number of hydrogen-bond donors (Lipinski definition) is 3. The van der Waals surface area contributed by atoms with Gasteiger partial charge in [0.15, 0.2) is 5.11 Å². The fourth-order valence-corrected chi connectivity index (χ4v) is 2.82. The molecule has 148 valence electrons. The average Bonchev–Trinajstić information content (AvgIpc) is 3.26. The molecular weight excluding hydrogens is 390 g/mol. The van der Waals surface area contributed by atoms with Crippen molar-refractivity contribution in [3.63, 3.8) is 0 Å². The zero-order valence-corrected chi connectivity index (χ0v) is 16.4. The van der Waals surface area contributed by atoms with Crippen molar-refractivity contribution in [3.8, 4) is 5.75 Å². The maximum Gasteiger partial charge on any atom is 0.261 e. The molecule has 0 spiro atoms. The van der Waals surface area contributed by atoms with E-state index in [1.165, 1.54) is 7.11 Å². The standard InChI is InChI=1S/C21H19N3O4S/c1-27-18-11-5-3-9-16(18)20(26)24-21(29)23-17-10-4-2-8-15(17)19(25)22-13-14-7-6-12-28-14/h2-12H,13H2,1H3,(H,22,25)(H2,23,24,26,29). The summed E-state index contributed by atoms with van der Waals surface area (Å²) in [6, 6.07) is 17.2. The molecule has 7 nitrogen and oxygen atoms in total. The van der Waals surface area contributed by atoms with Gasteiger partial charge in [-0.25, -0.2) is 0 Å². The second kappa shape index (κ2) is 9.52. The lowest BCUT2D eigenvalue weighted by molar-refractivity contribution is 0.0947. The van der Waals surface area contributed by atoms with Crippen LogP contribution in [0.15, 0.2) is 71.3 Å². The van der Waals surface area contributed by atoms with E-state index in [4.69, 9.17) is 21.4 Å². The van der Waals surface area contributed by atoms with E-state index >= 15 is 0 Å². The van der Waals surface area contributed by atoms with Gasteiger partial charge in [-0.05, 0) is 48.6 Å². The van der Waals surface area contributed by atoms with E-state index in [2.05, 4.69) is 16.0 Å². The first-order valence-electron chi connectivity index (χ1n) is 8.73.